The van der Waals surface area contributed by atoms with Gasteiger partial charge in [-0.3, -0.25) is 4.79 Å². The number of piperidine rings is 1. The van der Waals surface area contributed by atoms with E-state index in [1.54, 1.807) is 12.1 Å². The lowest BCUT2D eigenvalue weighted by molar-refractivity contribution is 0.0693. The first kappa shape index (κ1) is 24.5. The summed E-state index contributed by atoms with van der Waals surface area (Å²) in [5.41, 5.74) is 2.13. The minimum Gasteiger partial charge on any atom is -0.339 e. The Labute approximate surface area is 206 Å². The van der Waals surface area contributed by atoms with Crippen LogP contribution >= 0.6 is 11.8 Å². The summed E-state index contributed by atoms with van der Waals surface area (Å²) in [6.45, 7) is 3.60. The zero-order valence-corrected chi connectivity index (χ0v) is 21.1. The van der Waals surface area contributed by atoms with E-state index in [0.29, 0.717) is 24.6 Å². The molecule has 1 aliphatic rings. The average molecular weight is 495 g/mol. The van der Waals surface area contributed by atoms with Crippen LogP contribution in [0.4, 0.5) is 0 Å². The number of hydrogen-bond acceptors (Lipinski definition) is 4. The van der Waals surface area contributed by atoms with Crippen LogP contribution in [0.2, 0.25) is 0 Å². The van der Waals surface area contributed by atoms with Crippen LogP contribution in [0.1, 0.15) is 47.3 Å². The Hall–Kier alpha value is -2.61. The lowest BCUT2D eigenvalue weighted by Crippen LogP contribution is -2.38. The Kier molecular flexibility index (Phi) is 7.76. The zero-order valence-electron chi connectivity index (χ0n) is 19.5. The van der Waals surface area contributed by atoms with Gasteiger partial charge in [-0.1, -0.05) is 67.6 Å². The molecular formula is C27H30N2O3S2. The molecule has 0 unspecified atom stereocenters. The molecule has 7 heteroatoms. The molecule has 0 spiro atoms. The van der Waals surface area contributed by atoms with E-state index in [1.165, 1.54) is 17.8 Å². The maximum absolute atomic E-state index is 13.5. The number of carbonyl (C=O) groups is 1. The van der Waals surface area contributed by atoms with Crippen LogP contribution in [-0.4, -0.2) is 38.6 Å². The van der Waals surface area contributed by atoms with E-state index < -0.39 is 16.1 Å². The van der Waals surface area contributed by atoms with Crippen LogP contribution in [0.15, 0.2) is 88.7 Å². The van der Waals surface area contributed by atoms with Crippen molar-refractivity contribution in [1.82, 2.24) is 9.62 Å². The number of likely N-dealkylation sites (tertiary alicyclic amines) is 1. The van der Waals surface area contributed by atoms with Crippen molar-refractivity contribution >= 4 is 27.7 Å². The van der Waals surface area contributed by atoms with Gasteiger partial charge in [0.15, 0.2) is 0 Å². The van der Waals surface area contributed by atoms with Crippen molar-refractivity contribution in [1.29, 1.82) is 0 Å². The second-order valence-corrected chi connectivity index (χ2v) is 11.3. The monoisotopic (exact) mass is 494 g/mol. The second kappa shape index (κ2) is 10.8. The number of rotatable bonds is 7. The lowest BCUT2D eigenvalue weighted by Gasteiger charge is -2.31. The van der Waals surface area contributed by atoms with Crippen molar-refractivity contribution in [3.05, 3.63) is 95.6 Å². The number of carbonyl (C=O) groups excluding carboxylic acids is 1. The molecule has 4 rings (SSSR count). The summed E-state index contributed by atoms with van der Waals surface area (Å²) in [4.78, 5) is 16.0. The minimum atomic E-state index is -3.91. The number of benzene rings is 3. The molecule has 0 aromatic heterocycles. The Balaban J connectivity index is 1.67. The molecule has 1 fully saturated rings. The smallest absolute Gasteiger partial charge is 0.255 e. The molecule has 0 aliphatic carbocycles. The van der Waals surface area contributed by atoms with Gasteiger partial charge in [0.05, 0.1) is 16.5 Å². The quantitative estimate of drug-likeness (QED) is 0.450. The van der Waals surface area contributed by atoms with Crippen LogP contribution in [0.25, 0.3) is 0 Å². The molecule has 34 heavy (non-hydrogen) atoms. The summed E-state index contributed by atoms with van der Waals surface area (Å²) >= 11 is 1.45. The third kappa shape index (κ3) is 5.54. The molecule has 3 aromatic rings. The highest BCUT2D eigenvalue weighted by atomic mass is 32.2. The van der Waals surface area contributed by atoms with Crippen LogP contribution < -0.4 is 4.72 Å². The predicted octanol–water partition coefficient (Wildman–Crippen LogP) is 5.35. The first-order valence-electron chi connectivity index (χ1n) is 11.5. The van der Waals surface area contributed by atoms with E-state index in [2.05, 4.69) is 11.6 Å². The maximum atomic E-state index is 13.5. The normalized spacial score (nSPS) is 15.0. The first-order valence-corrected chi connectivity index (χ1v) is 14.2. The van der Waals surface area contributed by atoms with Gasteiger partial charge in [0.25, 0.3) is 5.91 Å². The van der Waals surface area contributed by atoms with Crippen molar-refractivity contribution in [3.63, 3.8) is 0 Å². The third-order valence-corrected chi connectivity index (χ3v) is 8.54. The molecule has 1 heterocycles. The number of nitrogens with zero attached hydrogens (tertiary/aromatic N) is 1. The number of sulfonamides is 1. The van der Waals surface area contributed by atoms with Crippen LogP contribution in [0, 0.1) is 5.92 Å². The molecule has 0 radical (unpaired) electrons. The second-order valence-electron chi connectivity index (χ2n) is 8.71. The Morgan fingerprint density at radius 3 is 2.03 bits per heavy atom. The number of nitrogens with one attached hydrogen (secondary N) is 1. The van der Waals surface area contributed by atoms with Gasteiger partial charge in [0.1, 0.15) is 0 Å². The van der Waals surface area contributed by atoms with Gasteiger partial charge in [0.2, 0.25) is 10.0 Å². The third-order valence-electron chi connectivity index (χ3n) is 6.32. The van der Waals surface area contributed by atoms with Crippen molar-refractivity contribution in [3.8, 4) is 0 Å². The van der Waals surface area contributed by atoms with Crippen LogP contribution in [-0.2, 0) is 10.0 Å². The van der Waals surface area contributed by atoms with E-state index in [0.717, 1.165) is 28.9 Å². The molecule has 0 bridgehead atoms. The molecule has 0 saturated carbocycles. The van der Waals surface area contributed by atoms with Crippen LogP contribution in [0.3, 0.4) is 0 Å². The van der Waals surface area contributed by atoms with E-state index >= 15 is 0 Å². The summed E-state index contributed by atoms with van der Waals surface area (Å²) in [6, 6.07) is 23.3. The van der Waals surface area contributed by atoms with Gasteiger partial charge in [-0.2, -0.15) is 4.72 Å². The van der Waals surface area contributed by atoms with Gasteiger partial charge in [-0.25, -0.2) is 8.42 Å². The first-order chi connectivity index (χ1) is 16.4. The van der Waals surface area contributed by atoms with Crippen molar-refractivity contribution in [2.75, 3.05) is 19.3 Å². The van der Waals surface area contributed by atoms with Crippen molar-refractivity contribution in [2.24, 2.45) is 5.92 Å². The number of amides is 1. The Bertz CT molecular complexity index is 1180. The lowest BCUT2D eigenvalue weighted by atomic mass is 9.98. The van der Waals surface area contributed by atoms with Gasteiger partial charge in [-0.05, 0) is 54.3 Å². The summed E-state index contributed by atoms with van der Waals surface area (Å²) < 4.78 is 30.0. The topological polar surface area (TPSA) is 66.5 Å². The largest absolute Gasteiger partial charge is 0.339 e. The Morgan fingerprint density at radius 2 is 1.50 bits per heavy atom. The minimum absolute atomic E-state index is 0.0934. The molecular weight excluding hydrogens is 464 g/mol. The van der Waals surface area contributed by atoms with Gasteiger partial charge in [0, 0.05) is 18.0 Å². The highest BCUT2D eigenvalue weighted by Crippen LogP contribution is 2.29. The highest BCUT2D eigenvalue weighted by molar-refractivity contribution is 7.98. The fourth-order valence-electron chi connectivity index (χ4n) is 4.25. The summed E-state index contributed by atoms with van der Waals surface area (Å²) in [5, 5.41) is 0. The molecule has 5 nitrogen and oxygen atoms in total. The van der Waals surface area contributed by atoms with Gasteiger partial charge in [-0.15, -0.1) is 11.8 Å². The SMILES string of the molecule is CSc1ccc(S(=O)(=O)NC(c2ccccc2)c2ccccc2)cc1C(=O)N1CCC(C)CC1. The molecule has 1 N–H and O–H groups in total. The van der Waals surface area contributed by atoms with Crippen molar-refractivity contribution in [2.45, 2.75) is 35.6 Å². The maximum Gasteiger partial charge on any atom is 0.255 e. The zero-order chi connectivity index (χ0) is 24.1. The molecule has 1 saturated heterocycles. The van der Waals surface area contributed by atoms with E-state index in [1.807, 2.05) is 71.8 Å². The van der Waals surface area contributed by atoms with E-state index in [-0.39, 0.29) is 10.8 Å². The molecule has 178 valence electrons. The van der Waals surface area contributed by atoms with Gasteiger partial charge >= 0.3 is 0 Å². The molecule has 1 aliphatic heterocycles. The molecule has 0 atom stereocenters. The summed E-state index contributed by atoms with van der Waals surface area (Å²) in [6.07, 6.45) is 3.84. The number of thioether (sulfide) groups is 1. The van der Waals surface area contributed by atoms with Crippen LogP contribution in [0.5, 0.6) is 0 Å². The van der Waals surface area contributed by atoms with E-state index in [9.17, 15) is 13.2 Å². The highest BCUT2D eigenvalue weighted by Gasteiger charge is 2.27. The molecule has 3 aromatic carbocycles. The van der Waals surface area contributed by atoms with E-state index in [4.69, 9.17) is 0 Å². The van der Waals surface area contributed by atoms with Gasteiger partial charge < -0.3 is 4.90 Å². The summed E-state index contributed by atoms with van der Waals surface area (Å²) in [5.74, 6) is 0.504. The summed E-state index contributed by atoms with van der Waals surface area (Å²) in [7, 11) is -3.91. The molecule has 1 amide bonds. The Morgan fingerprint density at radius 1 is 0.941 bits per heavy atom. The fraction of sp³-hybridized carbons (Fsp3) is 0.296. The fourth-order valence-corrected chi connectivity index (χ4v) is 6.06. The number of hydrogen-bond donors (Lipinski definition) is 1. The van der Waals surface area contributed by atoms with Crippen molar-refractivity contribution < 1.29 is 13.2 Å². The average Bonchev–Trinajstić information content (AvgIpc) is 2.88. The standard InChI is InChI=1S/C27H30N2O3S2/c1-20-15-17-29(18-16-20)27(30)24-19-23(13-14-25(24)33-2)34(31,32)28-26(21-9-5-3-6-10-21)22-11-7-4-8-12-22/h3-14,19-20,26,28H,15-18H2,1-2H3. The predicted molar refractivity (Wildman–Crippen MR) is 138 cm³/mol.